The molecule has 0 unspecified atom stereocenters. The van der Waals surface area contributed by atoms with Gasteiger partial charge in [0.2, 0.25) is 0 Å². The van der Waals surface area contributed by atoms with Crippen LogP contribution in [0.2, 0.25) is 0 Å². The molecule has 0 saturated heterocycles. The van der Waals surface area contributed by atoms with Crippen molar-refractivity contribution >= 4 is 49.4 Å². The van der Waals surface area contributed by atoms with Crippen LogP contribution in [-0.2, 0) is 6.42 Å². The monoisotopic (exact) mass is 635 g/mol. The number of nitrogens with zero attached hydrogens (tertiary/aromatic N) is 1. The maximum Gasteiger partial charge on any atom is 0.0543 e. The van der Waals surface area contributed by atoms with Crippen molar-refractivity contribution in [1.29, 1.82) is 0 Å². The van der Waals surface area contributed by atoms with Crippen molar-refractivity contribution < 1.29 is 0 Å². The van der Waals surface area contributed by atoms with Crippen molar-refractivity contribution in [2.75, 3.05) is 4.90 Å². The summed E-state index contributed by atoms with van der Waals surface area (Å²) in [7, 11) is 0. The highest BCUT2D eigenvalue weighted by molar-refractivity contribution is 6.23. The molecule has 0 fully saturated rings. The topological polar surface area (TPSA) is 3.24 Å². The largest absolute Gasteiger partial charge is 0.310 e. The van der Waals surface area contributed by atoms with E-state index < -0.39 is 0 Å². The van der Waals surface area contributed by atoms with Crippen molar-refractivity contribution in [3.8, 4) is 33.4 Å². The Hall–Kier alpha value is -6.44. The van der Waals surface area contributed by atoms with Crippen LogP contribution in [0.5, 0.6) is 0 Å². The molecule has 9 aromatic rings. The van der Waals surface area contributed by atoms with E-state index in [2.05, 4.69) is 193 Å². The third-order valence-corrected chi connectivity index (χ3v) is 10.5. The molecule has 0 heterocycles. The molecule has 0 bridgehead atoms. The lowest BCUT2D eigenvalue weighted by atomic mass is 9.85. The predicted molar refractivity (Wildman–Crippen MR) is 213 cm³/mol. The molecule has 50 heavy (non-hydrogen) atoms. The van der Waals surface area contributed by atoms with Crippen LogP contribution in [0.25, 0.3) is 65.7 Å². The predicted octanol–water partition coefficient (Wildman–Crippen LogP) is 13.5. The van der Waals surface area contributed by atoms with Gasteiger partial charge in [-0.1, -0.05) is 158 Å². The Morgan fingerprint density at radius 1 is 0.320 bits per heavy atom. The van der Waals surface area contributed by atoms with E-state index in [-0.39, 0.29) is 0 Å². The number of anilines is 3. The summed E-state index contributed by atoms with van der Waals surface area (Å²) in [6.45, 7) is 0. The zero-order chi connectivity index (χ0) is 33.0. The number of para-hydroxylation sites is 1. The van der Waals surface area contributed by atoms with E-state index in [1.54, 1.807) is 0 Å². The number of fused-ring (bicyclic) bond motifs is 6. The van der Waals surface area contributed by atoms with Crippen LogP contribution in [0.3, 0.4) is 0 Å². The molecule has 1 nitrogen and oxygen atoms in total. The van der Waals surface area contributed by atoms with Crippen LogP contribution < -0.4 is 4.90 Å². The maximum atomic E-state index is 2.42. The smallest absolute Gasteiger partial charge is 0.0543 e. The van der Waals surface area contributed by atoms with Crippen LogP contribution in [0, 0.1) is 0 Å². The van der Waals surface area contributed by atoms with E-state index >= 15 is 0 Å². The van der Waals surface area contributed by atoms with Crippen molar-refractivity contribution in [2.24, 2.45) is 0 Å². The molecule has 0 N–H and O–H groups in total. The second kappa shape index (κ2) is 11.6. The van der Waals surface area contributed by atoms with E-state index in [0.29, 0.717) is 0 Å². The van der Waals surface area contributed by atoms with Crippen LogP contribution in [-0.4, -0.2) is 0 Å². The molecule has 1 heteroatoms. The molecule has 1 aliphatic carbocycles. The molecule has 234 valence electrons. The number of benzene rings is 9. The first-order chi connectivity index (χ1) is 24.8. The molecule has 0 aromatic heterocycles. The first-order valence-electron chi connectivity index (χ1n) is 17.4. The molecular weight excluding hydrogens is 603 g/mol. The van der Waals surface area contributed by atoms with Gasteiger partial charge in [-0.2, -0.15) is 0 Å². The normalized spacial score (nSPS) is 11.9. The Kier molecular flexibility index (Phi) is 6.63. The third kappa shape index (κ3) is 4.48. The molecule has 0 spiro atoms. The molecular formula is C49H33N. The second-order valence-electron chi connectivity index (χ2n) is 13.2. The Labute approximate surface area is 292 Å². The van der Waals surface area contributed by atoms with Gasteiger partial charge in [0.15, 0.2) is 0 Å². The Bertz CT molecular complexity index is 2660. The highest BCUT2D eigenvalue weighted by atomic mass is 15.1. The lowest BCUT2D eigenvalue weighted by Gasteiger charge is -2.28. The molecule has 9 aromatic carbocycles. The van der Waals surface area contributed by atoms with Crippen molar-refractivity contribution in [2.45, 2.75) is 6.42 Å². The molecule has 10 rings (SSSR count). The zero-order valence-electron chi connectivity index (χ0n) is 27.6. The van der Waals surface area contributed by atoms with Gasteiger partial charge in [-0.25, -0.2) is 0 Å². The van der Waals surface area contributed by atoms with Gasteiger partial charge in [-0.05, 0) is 108 Å². The summed E-state index contributed by atoms with van der Waals surface area (Å²) in [6, 6.07) is 68.9. The van der Waals surface area contributed by atoms with Gasteiger partial charge >= 0.3 is 0 Å². The summed E-state index contributed by atoms with van der Waals surface area (Å²) in [5.74, 6) is 0. The summed E-state index contributed by atoms with van der Waals surface area (Å²) in [5, 5.41) is 7.60. The van der Waals surface area contributed by atoms with Gasteiger partial charge in [-0.15, -0.1) is 0 Å². The van der Waals surface area contributed by atoms with Crippen LogP contribution in [0.1, 0.15) is 11.1 Å². The van der Waals surface area contributed by atoms with Crippen LogP contribution in [0.4, 0.5) is 17.1 Å². The van der Waals surface area contributed by atoms with Gasteiger partial charge in [0.25, 0.3) is 0 Å². The minimum atomic E-state index is 0.968. The fraction of sp³-hybridized carbons (Fsp3) is 0.0204. The van der Waals surface area contributed by atoms with Crippen molar-refractivity contribution in [3.05, 3.63) is 199 Å². The number of hydrogen-bond donors (Lipinski definition) is 0. The SMILES string of the molecule is c1ccc(N(c2ccc(-c3c4ccccc4c(-c4cccc5ccccc45)c4ccccc34)cc2)c2cccc3c2-c2ccccc2C3)cc1. The molecule has 0 atom stereocenters. The summed E-state index contributed by atoms with van der Waals surface area (Å²) >= 11 is 0. The molecule has 0 amide bonds. The van der Waals surface area contributed by atoms with E-state index in [0.717, 1.165) is 17.8 Å². The standard InChI is InChI=1S/C49H33N/c1-2-18-37(19-3-1)50(46-27-13-17-36-32-35-15-5-7-21-40(35)48(36)46)38-30-28-34(29-31-38)47-42-22-8-10-24-44(42)49(45-25-11-9-23-43(45)47)41-26-12-16-33-14-4-6-20-39(33)41/h1-31H,32H2. The maximum absolute atomic E-state index is 2.42. The van der Waals surface area contributed by atoms with E-state index in [1.807, 2.05) is 0 Å². The fourth-order valence-corrected chi connectivity index (χ4v) is 8.31. The fourth-order valence-electron chi connectivity index (χ4n) is 8.31. The van der Waals surface area contributed by atoms with Crippen LogP contribution >= 0.6 is 0 Å². The molecule has 0 aliphatic heterocycles. The minimum Gasteiger partial charge on any atom is -0.310 e. The van der Waals surface area contributed by atoms with Crippen LogP contribution in [0.15, 0.2) is 188 Å². The highest BCUT2D eigenvalue weighted by Crippen LogP contribution is 2.49. The Morgan fingerprint density at radius 2 is 0.840 bits per heavy atom. The summed E-state index contributed by atoms with van der Waals surface area (Å²) < 4.78 is 0. The molecule has 0 radical (unpaired) electrons. The third-order valence-electron chi connectivity index (χ3n) is 10.5. The Balaban J connectivity index is 1.17. The lowest BCUT2D eigenvalue weighted by Crippen LogP contribution is -2.11. The van der Waals surface area contributed by atoms with E-state index in [9.17, 15) is 0 Å². The van der Waals surface area contributed by atoms with Gasteiger partial charge in [-0.3, -0.25) is 0 Å². The second-order valence-corrected chi connectivity index (χ2v) is 13.2. The van der Waals surface area contributed by atoms with Crippen molar-refractivity contribution in [1.82, 2.24) is 0 Å². The molecule has 0 saturated carbocycles. The minimum absolute atomic E-state index is 0.968. The number of rotatable bonds is 5. The van der Waals surface area contributed by atoms with Gasteiger partial charge in [0.05, 0.1) is 5.69 Å². The molecule has 1 aliphatic rings. The van der Waals surface area contributed by atoms with Gasteiger partial charge in [0.1, 0.15) is 0 Å². The van der Waals surface area contributed by atoms with Gasteiger partial charge in [0, 0.05) is 16.9 Å². The zero-order valence-corrected chi connectivity index (χ0v) is 27.6. The first-order valence-corrected chi connectivity index (χ1v) is 17.4. The first kappa shape index (κ1) is 28.6. The quantitative estimate of drug-likeness (QED) is 0.170. The highest BCUT2D eigenvalue weighted by Gasteiger charge is 2.25. The average Bonchev–Trinajstić information content (AvgIpc) is 3.57. The summed E-state index contributed by atoms with van der Waals surface area (Å²) in [4.78, 5) is 2.42. The number of hydrogen-bond acceptors (Lipinski definition) is 1. The van der Waals surface area contributed by atoms with E-state index in [1.165, 1.54) is 82.5 Å². The van der Waals surface area contributed by atoms with E-state index in [4.69, 9.17) is 0 Å². The van der Waals surface area contributed by atoms with Crippen molar-refractivity contribution in [3.63, 3.8) is 0 Å². The lowest BCUT2D eigenvalue weighted by molar-refractivity contribution is 1.24. The summed E-state index contributed by atoms with van der Waals surface area (Å²) in [5.41, 5.74) is 14.0. The summed E-state index contributed by atoms with van der Waals surface area (Å²) in [6.07, 6.45) is 0.968. The van der Waals surface area contributed by atoms with Gasteiger partial charge < -0.3 is 4.90 Å². The Morgan fingerprint density at radius 3 is 1.58 bits per heavy atom. The average molecular weight is 636 g/mol.